The minimum atomic E-state index is -0.408. The van der Waals surface area contributed by atoms with Crippen molar-refractivity contribution in [3.63, 3.8) is 0 Å². The van der Waals surface area contributed by atoms with Gasteiger partial charge in [-0.1, -0.05) is 6.07 Å². The van der Waals surface area contributed by atoms with Crippen molar-refractivity contribution in [2.45, 2.75) is 0 Å². The van der Waals surface area contributed by atoms with E-state index in [0.29, 0.717) is 34.9 Å². The predicted octanol–water partition coefficient (Wildman–Crippen LogP) is 4.17. The van der Waals surface area contributed by atoms with E-state index in [1.165, 1.54) is 13.2 Å². The molecule has 0 amide bonds. The van der Waals surface area contributed by atoms with Gasteiger partial charge in [-0.25, -0.2) is 9.97 Å². The Morgan fingerprint density at radius 3 is 2.65 bits per heavy atom. The molecule has 0 saturated carbocycles. The number of nitro groups is 1. The van der Waals surface area contributed by atoms with E-state index in [2.05, 4.69) is 21.4 Å². The Labute approximate surface area is 214 Å². The molecule has 4 aromatic rings. The number of hydrogen-bond donors (Lipinski definition) is 1. The van der Waals surface area contributed by atoms with Gasteiger partial charge in [0.2, 0.25) is 5.95 Å². The SMILES string of the molecule is COc1cc(N(C)CCN(C)C)c([N+](=O)[O-])cc1Nc1nccc(-c2cn(C)c3cc(C#N)ccc23)n1. The first-order chi connectivity index (χ1) is 17.7. The molecule has 190 valence electrons. The quantitative estimate of drug-likeness (QED) is 0.266. The Hall–Kier alpha value is -4.69. The second-order valence-electron chi connectivity index (χ2n) is 8.91. The summed E-state index contributed by atoms with van der Waals surface area (Å²) in [7, 11) is 9.14. The molecule has 0 fully saturated rings. The van der Waals surface area contributed by atoms with E-state index in [4.69, 9.17) is 4.74 Å². The molecule has 0 unspecified atom stereocenters. The van der Waals surface area contributed by atoms with Gasteiger partial charge in [-0.2, -0.15) is 5.26 Å². The van der Waals surface area contributed by atoms with Gasteiger partial charge in [0.1, 0.15) is 11.4 Å². The Morgan fingerprint density at radius 2 is 1.97 bits per heavy atom. The number of nitrogens with one attached hydrogen (secondary N) is 1. The van der Waals surface area contributed by atoms with Crippen LogP contribution >= 0.6 is 0 Å². The van der Waals surface area contributed by atoms with Gasteiger partial charge < -0.3 is 24.4 Å². The van der Waals surface area contributed by atoms with E-state index in [-0.39, 0.29) is 11.6 Å². The molecule has 2 aromatic carbocycles. The highest BCUT2D eigenvalue weighted by molar-refractivity contribution is 5.96. The summed E-state index contributed by atoms with van der Waals surface area (Å²) in [4.78, 5) is 24.3. The third kappa shape index (κ3) is 5.29. The van der Waals surface area contributed by atoms with Crippen molar-refractivity contribution in [1.82, 2.24) is 19.4 Å². The van der Waals surface area contributed by atoms with Crippen molar-refractivity contribution in [2.24, 2.45) is 7.05 Å². The number of nitriles is 1. The molecule has 2 aromatic heterocycles. The standard InChI is InChI=1S/C26H28N8O3/c1-31(2)10-11-32(3)23-14-25(37-5)21(13-24(23)34(35)36)30-26-28-9-8-20(29-26)19-16-33(4)22-12-17(15-27)6-7-18(19)22/h6-9,12-14,16H,10-11H2,1-5H3,(H,28,29,30). The van der Waals surface area contributed by atoms with E-state index in [1.807, 2.05) is 60.9 Å². The van der Waals surface area contributed by atoms with Crippen LogP contribution < -0.4 is 15.0 Å². The Bertz CT molecular complexity index is 1510. The molecule has 0 saturated heterocycles. The number of likely N-dealkylation sites (N-methyl/N-ethyl adjacent to an activating group) is 2. The molecule has 1 N–H and O–H groups in total. The van der Waals surface area contributed by atoms with E-state index in [1.54, 1.807) is 24.4 Å². The molecule has 2 heterocycles. The average molecular weight is 501 g/mol. The Morgan fingerprint density at radius 1 is 1.19 bits per heavy atom. The number of hydrogen-bond acceptors (Lipinski definition) is 9. The third-order valence-corrected chi connectivity index (χ3v) is 6.08. The number of aryl methyl sites for hydroxylation is 1. The maximum absolute atomic E-state index is 11.9. The van der Waals surface area contributed by atoms with E-state index < -0.39 is 4.92 Å². The van der Waals surface area contributed by atoms with Crippen LogP contribution in [-0.4, -0.2) is 65.7 Å². The largest absolute Gasteiger partial charge is 0.494 e. The predicted molar refractivity (Wildman–Crippen MR) is 143 cm³/mol. The van der Waals surface area contributed by atoms with Crippen LogP contribution in [0.15, 0.2) is 48.8 Å². The van der Waals surface area contributed by atoms with E-state index >= 15 is 0 Å². The van der Waals surface area contributed by atoms with Gasteiger partial charge in [-0.05, 0) is 32.3 Å². The maximum Gasteiger partial charge on any atom is 0.294 e. The zero-order valence-electron chi connectivity index (χ0n) is 21.4. The third-order valence-electron chi connectivity index (χ3n) is 6.08. The second kappa shape index (κ2) is 10.5. The topological polar surface area (TPSA) is 125 Å². The summed E-state index contributed by atoms with van der Waals surface area (Å²) in [5, 5.41) is 25.2. The summed E-state index contributed by atoms with van der Waals surface area (Å²) in [6.45, 7) is 1.35. The summed E-state index contributed by atoms with van der Waals surface area (Å²) in [5.41, 5.74) is 3.82. The molecule has 0 radical (unpaired) electrons. The number of rotatable bonds is 9. The normalized spacial score (nSPS) is 10.9. The fraction of sp³-hybridized carbons (Fsp3) is 0.269. The highest BCUT2D eigenvalue weighted by Gasteiger charge is 2.22. The van der Waals surface area contributed by atoms with Crippen molar-refractivity contribution in [1.29, 1.82) is 5.26 Å². The zero-order valence-corrected chi connectivity index (χ0v) is 21.4. The van der Waals surface area contributed by atoms with Crippen molar-refractivity contribution >= 4 is 33.9 Å². The van der Waals surface area contributed by atoms with Crippen molar-refractivity contribution < 1.29 is 9.66 Å². The summed E-state index contributed by atoms with van der Waals surface area (Å²) in [6, 6.07) is 12.6. The Balaban J connectivity index is 1.70. The summed E-state index contributed by atoms with van der Waals surface area (Å²) in [6.07, 6.45) is 3.57. The fourth-order valence-electron chi connectivity index (χ4n) is 4.09. The molecule has 0 aliphatic heterocycles. The fourth-order valence-corrected chi connectivity index (χ4v) is 4.09. The zero-order chi connectivity index (χ0) is 26.7. The van der Waals surface area contributed by atoms with Crippen LogP contribution in [0.1, 0.15) is 5.56 Å². The highest BCUT2D eigenvalue weighted by atomic mass is 16.6. The molecule has 0 aliphatic carbocycles. The minimum Gasteiger partial charge on any atom is -0.494 e. The number of nitrogens with zero attached hydrogens (tertiary/aromatic N) is 7. The lowest BCUT2D eigenvalue weighted by molar-refractivity contribution is -0.384. The van der Waals surface area contributed by atoms with Crippen LogP contribution in [0.25, 0.3) is 22.2 Å². The molecule has 11 heteroatoms. The molecule has 0 atom stereocenters. The van der Waals surface area contributed by atoms with E-state index in [0.717, 1.165) is 23.0 Å². The van der Waals surface area contributed by atoms with Crippen LogP contribution in [0, 0.1) is 21.4 Å². The van der Waals surface area contributed by atoms with Gasteiger partial charge in [-0.15, -0.1) is 0 Å². The van der Waals surface area contributed by atoms with Gasteiger partial charge in [0.15, 0.2) is 0 Å². The number of nitro benzene ring substituents is 1. The second-order valence-corrected chi connectivity index (χ2v) is 8.91. The monoisotopic (exact) mass is 500 g/mol. The number of fused-ring (bicyclic) bond motifs is 1. The summed E-state index contributed by atoms with van der Waals surface area (Å²) >= 11 is 0. The summed E-state index contributed by atoms with van der Waals surface area (Å²) < 4.78 is 7.50. The van der Waals surface area contributed by atoms with Gasteiger partial charge >= 0.3 is 0 Å². The molecule has 4 rings (SSSR count). The van der Waals surface area contributed by atoms with Gasteiger partial charge in [0, 0.05) is 68.2 Å². The van der Waals surface area contributed by atoms with Gasteiger partial charge in [-0.3, -0.25) is 10.1 Å². The molecule has 0 aliphatic rings. The molecule has 0 spiro atoms. The smallest absolute Gasteiger partial charge is 0.294 e. The number of methoxy groups -OCH3 is 1. The number of aromatic nitrogens is 3. The average Bonchev–Trinajstić information content (AvgIpc) is 3.22. The molecular formula is C26H28N8O3. The van der Waals surface area contributed by atoms with Crippen molar-refractivity contribution in [3.05, 3.63) is 64.5 Å². The maximum atomic E-state index is 11.9. The molecule has 37 heavy (non-hydrogen) atoms. The number of anilines is 3. The molecule has 11 nitrogen and oxygen atoms in total. The van der Waals surface area contributed by atoms with E-state index in [9.17, 15) is 15.4 Å². The van der Waals surface area contributed by atoms with Gasteiger partial charge in [0.05, 0.1) is 35.0 Å². The first-order valence-electron chi connectivity index (χ1n) is 11.5. The van der Waals surface area contributed by atoms with Crippen LogP contribution in [-0.2, 0) is 7.05 Å². The van der Waals surface area contributed by atoms with Crippen LogP contribution in [0.3, 0.4) is 0 Å². The van der Waals surface area contributed by atoms with Crippen LogP contribution in [0.4, 0.5) is 23.0 Å². The first kappa shape index (κ1) is 25.4. The summed E-state index contributed by atoms with van der Waals surface area (Å²) in [5.74, 6) is 0.699. The Kier molecular flexibility index (Phi) is 7.22. The lowest BCUT2D eigenvalue weighted by Crippen LogP contribution is -2.28. The number of ether oxygens (including phenoxy) is 1. The molecule has 0 bridgehead atoms. The minimum absolute atomic E-state index is 0.0527. The lowest BCUT2D eigenvalue weighted by atomic mass is 10.1. The highest BCUT2D eigenvalue weighted by Crippen LogP contribution is 2.39. The lowest BCUT2D eigenvalue weighted by Gasteiger charge is -2.22. The molecular weight excluding hydrogens is 472 g/mol. The van der Waals surface area contributed by atoms with Crippen LogP contribution in [0.5, 0.6) is 5.75 Å². The van der Waals surface area contributed by atoms with Gasteiger partial charge in [0.25, 0.3) is 5.69 Å². The van der Waals surface area contributed by atoms with Crippen molar-refractivity contribution in [3.8, 4) is 23.1 Å². The van der Waals surface area contributed by atoms with Crippen LogP contribution in [0.2, 0.25) is 0 Å². The first-order valence-corrected chi connectivity index (χ1v) is 11.5. The number of benzene rings is 2. The van der Waals surface area contributed by atoms with Crippen molar-refractivity contribution in [2.75, 3.05) is 51.6 Å².